The Balaban J connectivity index is 1.48. The topological polar surface area (TPSA) is 68.7 Å². The van der Waals surface area contributed by atoms with Gasteiger partial charge in [0.2, 0.25) is 10.0 Å². The Morgan fingerprint density at radius 1 is 1.00 bits per heavy atom. The molecule has 2 heterocycles. The molecule has 0 N–H and O–H groups in total. The first-order chi connectivity index (χ1) is 13.1. The standard InChI is InChI=1S/C20H20N2O4S/c23-27(24,22-11-13-25-14-12-22)19-8-6-18(7-9-19)26-15-17-4-1-3-16-5-2-10-21-20(16)17/h1-10H,11-15H2. The number of rotatable bonds is 5. The summed E-state index contributed by atoms with van der Waals surface area (Å²) in [6.45, 7) is 1.99. The summed E-state index contributed by atoms with van der Waals surface area (Å²) in [5.74, 6) is 0.615. The minimum absolute atomic E-state index is 0.267. The van der Waals surface area contributed by atoms with Crippen molar-refractivity contribution in [3.05, 3.63) is 66.4 Å². The second-order valence-electron chi connectivity index (χ2n) is 6.27. The van der Waals surface area contributed by atoms with Gasteiger partial charge in [-0.2, -0.15) is 4.31 Å². The number of nitrogens with zero attached hydrogens (tertiary/aromatic N) is 2. The molecule has 4 rings (SSSR count). The lowest BCUT2D eigenvalue weighted by atomic mass is 10.1. The number of sulfonamides is 1. The van der Waals surface area contributed by atoms with E-state index in [0.717, 1.165) is 16.5 Å². The molecule has 0 spiro atoms. The summed E-state index contributed by atoms with van der Waals surface area (Å²) < 4.78 is 37.8. The van der Waals surface area contributed by atoms with Crippen LogP contribution in [-0.4, -0.2) is 44.0 Å². The van der Waals surface area contributed by atoms with E-state index < -0.39 is 10.0 Å². The molecule has 1 aromatic heterocycles. The third-order valence-electron chi connectivity index (χ3n) is 4.54. The molecular weight excluding hydrogens is 364 g/mol. The number of fused-ring (bicyclic) bond motifs is 1. The number of hydrogen-bond donors (Lipinski definition) is 0. The van der Waals surface area contributed by atoms with Gasteiger partial charge in [-0.1, -0.05) is 24.3 Å². The third kappa shape index (κ3) is 3.80. The lowest BCUT2D eigenvalue weighted by Gasteiger charge is -2.26. The third-order valence-corrected chi connectivity index (χ3v) is 6.46. The number of hydrogen-bond acceptors (Lipinski definition) is 5. The van der Waals surface area contributed by atoms with Crippen LogP contribution in [0.15, 0.2) is 65.7 Å². The number of morpholine rings is 1. The summed E-state index contributed by atoms with van der Waals surface area (Å²) in [4.78, 5) is 4.68. The van der Waals surface area contributed by atoms with Crippen molar-refractivity contribution in [2.45, 2.75) is 11.5 Å². The van der Waals surface area contributed by atoms with E-state index in [1.165, 1.54) is 4.31 Å². The van der Waals surface area contributed by atoms with Gasteiger partial charge >= 0.3 is 0 Å². The van der Waals surface area contributed by atoms with Gasteiger partial charge in [-0.05, 0) is 30.3 Å². The van der Waals surface area contributed by atoms with Gasteiger partial charge < -0.3 is 9.47 Å². The van der Waals surface area contributed by atoms with Crippen molar-refractivity contribution in [3.63, 3.8) is 0 Å². The molecule has 0 unspecified atom stereocenters. The number of pyridine rings is 1. The van der Waals surface area contributed by atoms with Gasteiger partial charge in [-0.3, -0.25) is 4.98 Å². The van der Waals surface area contributed by atoms with Gasteiger partial charge in [0, 0.05) is 30.2 Å². The molecule has 1 fully saturated rings. The van der Waals surface area contributed by atoms with Crippen molar-refractivity contribution >= 4 is 20.9 Å². The molecule has 0 atom stereocenters. The summed E-state index contributed by atoms with van der Waals surface area (Å²) in [5.41, 5.74) is 1.89. The summed E-state index contributed by atoms with van der Waals surface area (Å²) in [7, 11) is -3.49. The maximum absolute atomic E-state index is 12.6. The molecule has 0 radical (unpaired) electrons. The average Bonchev–Trinajstić information content (AvgIpc) is 2.73. The maximum Gasteiger partial charge on any atom is 0.243 e. The molecule has 0 aliphatic carbocycles. The van der Waals surface area contributed by atoms with Crippen LogP contribution >= 0.6 is 0 Å². The smallest absolute Gasteiger partial charge is 0.243 e. The first-order valence-electron chi connectivity index (χ1n) is 8.78. The molecule has 140 valence electrons. The number of para-hydroxylation sites is 1. The van der Waals surface area contributed by atoms with Crippen LogP contribution < -0.4 is 4.74 Å². The van der Waals surface area contributed by atoms with Crippen LogP contribution in [0.25, 0.3) is 10.9 Å². The first-order valence-corrected chi connectivity index (χ1v) is 10.2. The highest BCUT2D eigenvalue weighted by atomic mass is 32.2. The molecule has 2 aromatic carbocycles. The number of ether oxygens (including phenoxy) is 2. The second-order valence-corrected chi connectivity index (χ2v) is 8.21. The molecule has 1 aliphatic heterocycles. The molecule has 7 heteroatoms. The Kier molecular flexibility index (Phi) is 5.07. The molecule has 3 aromatic rings. The molecule has 1 aliphatic rings. The zero-order chi connectivity index (χ0) is 18.7. The Morgan fingerprint density at radius 2 is 1.74 bits per heavy atom. The van der Waals surface area contributed by atoms with Crippen LogP contribution in [0.1, 0.15) is 5.56 Å². The fourth-order valence-electron chi connectivity index (χ4n) is 3.09. The Morgan fingerprint density at radius 3 is 2.52 bits per heavy atom. The predicted octanol–water partition coefficient (Wildman–Crippen LogP) is 2.83. The quantitative estimate of drug-likeness (QED) is 0.677. The lowest BCUT2D eigenvalue weighted by molar-refractivity contribution is 0.0730. The fourth-order valence-corrected chi connectivity index (χ4v) is 4.50. The van der Waals surface area contributed by atoms with E-state index in [9.17, 15) is 8.42 Å². The monoisotopic (exact) mass is 384 g/mol. The molecule has 27 heavy (non-hydrogen) atoms. The van der Waals surface area contributed by atoms with Crippen LogP contribution in [0.5, 0.6) is 5.75 Å². The van der Waals surface area contributed by atoms with E-state index in [4.69, 9.17) is 9.47 Å². The highest BCUT2D eigenvalue weighted by Crippen LogP contribution is 2.22. The van der Waals surface area contributed by atoms with Gasteiger partial charge in [0.25, 0.3) is 0 Å². The predicted molar refractivity (Wildman–Crippen MR) is 102 cm³/mol. The number of aromatic nitrogens is 1. The van der Waals surface area contributed by atoms with Gasteiger partial charge in [0.15, 0.2) is 0 Å². The van der Waals surface area contributed by atoms with E-state index in [2.05, 4.69) is 4.98 Å². The summed E-state index contributed by atoms with van der Waals surface area (Å²) in [6.07, 6.45) is 1.76. The van der Waals surface area contributed by atoms with Crippen LogP contribution in [0, 0.1) is 0 Å². The van der Waals surface area contributed by atoms with E-state index in [0.29, 0.717) is 38.7 Å². The van der Waals surface area contributed by atoms with Crippen molar-refractivity contribution in [2.75, 3.05) is 26.3 Å². The zero-order valence-electron chi connectivity index (χ0n) is 14.7. The summed E-state index contributed by atoms with van der Waals surface area (Å²) in [5, 5.41) is 1.06. The summed E-state index contributed by atoms with van der Waals surface area (Å²) >= 11 is 0. The average molecular weight is 384 g/mol. The summed E-state index contributed by atoms with van der Waals surface area (Å²) in [6, 6.07) is 16.4. The molecule has 0 bridgehead atoms. The Labute approximate surface area is 158 Å². The van der Waals surface area contributed by atoms with Crippen LogP contribution in [-0.2, 0) is 21.4 Å². The van der Waals surface area contributed by atoms with E-state index >= 15 is 0 Å². The largest absolute Gasteiger partial charge is 0.489 e. The van der Waals surface area contributed by atoms with Crippen molar-refractivity contribution in [1.29, 1.82) is 0 Å². The molecule has 6 nitrogen and oxygen atoms in total. The lowest BCUT2D eigenvalue weighted by Crippen LogP contribution is -2.40. The van der Waals surface area contributed by atoms with Gasteiger partial charge in [-0.15, -0.1) is 0 Å². The zero-order valence-corrected chi connectivity index (χ0v) is 15.6. The van der Waals surface area contributed by atoms with Crippen LogP contribution in [0.2, 0.25) is 0 Å². The molecular formula is C20H20N2O4S. The Bertz CT molecular complexity index is 1020. The van der Waals surface area contributed by atoms with E-state index in [1.54, 1.807) is 30.5 Å². The maximum atomic E-state index is 12.6. The van der Waals surface area contributed by atoms with Gasteiger partial charge in [0.1, 0.15) is 12.4 Å². The second kappa shape index (κ2) is 7.64. The minimum atomic E-state index is -3.49. The molecule has 0 amide bonds. The van der Waals surface area contributed by atoms with E-state index in [1.807, 2.05) is 30.3 Å². The van der Waals surface area contributed by atoms with Crippen molar-refractivity contribution < 1.29 is 17.9 Å². The first kappa shape index (κ1) is 17.9. The SMILES string of the molecule is O=S(=O)(c1ccc(OCc2cccc3cccnc23)cc1)N1CCOCC1. The molecule has 0 saturated carbocycles. The highest BCUT2D eigenvalue weighted by Gasteiger charge is 2.26. The normalized spacial score (nSPS) is 15.7. The van der Waals surface area contributed by atoms with Crippen LogP contribution in [0.4, 0.5) is 0 Å². The van der Waals surface area contributed by atoms with Crippen molar-refractivity contribution in [3.8, 4) is 5.75 Å². The Hall–Kier alpha value is -2.48. The van der Waals surface area contributed by atoms with Crippen molar-refractivity contribution in [1.82, 2.24) is 9.29 Å². The van der Waals surface area contributed by atoms with E-state index in [-0.39, 0.29) is 4.90 Å². The van der Waals surface area contributed by atoms with Crippen LogP contribution in [0.3, 0.4) is 0 Å². The minimum Gasteiger partial charge on any atom is -0.489 e. The highest BCUT2D eigenvalue weighted by molar-refractivity contribution is 7.89. The fraction of sp³-hybridized carbons (Fsp3) is 0.250. The van der Waals surface area contributed by atoms with Gasteiger partial charge in [0.05, 0.1) is 23.6 Å². The van der Waals surface area contributed by atoms with Crippen molar-refractivity contribution in [2.24, 2.45) is 0 Å². The molecule has 1 saturated heterocycles. The number of benzene rings is 2. The van der Waals surface area contributed by atoms with Gasteiger partial charge in [-0.25, -0.2) is 8.42 Å².